The fourth-order valence-corrected chi connectivity index (χ4v) is 3.79. The van der Waals surface area contributed by atoms with E-state index in [4.69, 9.17) is 0 Å². The van der Waals surface area contributed by atoms with Gasteiger partial charge in [-0.1, -0.05) is 52.4 Å². The monoisotopic (exact) mass is 332 g/mol. The summed E-state index contributed by atoms with van der Waals surface area (Å²) in [5.74, 6) is 0.762. The van der Waals surface area contributed by atoms with E-state index in [1.807, 2.05) is 6.92 Å². The molecule has 0 amide bonds. The number of benzene rings is 1. The van der Waals surface area contributed by atoms with E-state index in [2.05, 4.69) is 6.92 Å². The van der Waals surface area contributed by atoms with Gasteiger partial charge < -0.3 is 0 Å². The van der Waals surface area contributed by atoms with Crippen molar-refractivity contribution in [2.75, 3.05) is 11.5 Å². The minimum absolute atomic E-state index is 0.151. The van der Waals surface area contributed by atoms with Crippen molar-refractivity contribution >= 4 is 23.5 Å². The van der Waals surface area contributed by atoms with Crippen LogP contribution in [0.1, 0.15) is 58.8 Å². The number of hydrogen-bond acceptors (Lipinski definition) is 2. The molecule has 0 bridgehead atoms. The van der Waals surface area contributed by atoms with Crippen molar-refractivity contribution in [1.82, 2.24) is 0 Å². The smallest absolute Gasteiger partial charge is 0.140 e. The second-order valence-electron chi connectivity index (χ2n) is 5.12. The fourth-order valence-electron chi connectivity index (χ4n) is 2.15. The SMILES string of the molecule is CCCCCCCCCSc1cc(F)c(SCC)c(F)c1. The highest BCUT2D eigenvalue weighted by atomic mass is 32.2. The molecule has 0 spiro atoms. The molecule has 4 heteroatoms. The molecule has 0 aliphatic rings. The topological polar surface area (TPSA) is 0 Å². The Morgan fingerprint density at radius 3 is 1.95 bits per heavy atom. The first kappa shape index (κ1) is 18.8. The Balaban J connectivity index is 2.26. The van der Waals surface area contributed by atoms with Crippen LogP contribution in [0.4, 0.5) is 8.78 Å². The Hall–Kier alpha value is -0.220. The first-order valence-corrected chi connectivity index (χ1v) is 9.90. The summed E-state index contributed by atoms with van der Waals surface area (Å²) >= 11 is 2.77. The zero-order valence-electron chi connectivity index (χ0n) is 13.1. The zero-order valence-corrected chi connectivity index (χ0v) is 14.7. The molecule has 0 aromatic heterocycles. The number of unbranched alkanes of at least 4 members (excludes halogenated alkanes) is 6. The van der Waals surface area contributed by atoms with Crippen LogP contribution in [0, 0.1) is 11.6 Å². The number of thioether (sulfide) groups is 2. The van der Waals surface area contributed by atoms with Crippen LogP contribution in [-0.2, 0) is 0 Å². The summed E-state index contributed by atoms with van der Waals surface area (Å²) in [5.41, 5.74) is 0. The molecule has 1 aromatic carbocycles. The summed E-state index contributed by atoms with van der Waals surface area (Å²) in [5, 5.41) is 0. The highest BCUT2D eigenvalue weighted by Gasteiger charge is 2.11. The molecule has 0 N–H and O–H groups in total. The predicted molar refractivity (Wildman–Crippen MR) is 91.5 cm³/mol. The molecule has 0 fully saturated rings. The molecular weight excluding hydrogens is 306 g/mol. The van der Waals surface area contributed by atoms with E-state index in [0.29, 0.717) is 10.6 Å². The lowest BCUT2D eigenvalue weighted by molar-refractivity contribution is 0.535. The minimum Gasteiger partial charge on any atom is -0.206 e. The van der Waals surface area contributed by atoms with Crippen LogP contribution >= 0.6 is 23.5 Å². The summed E-state index contributed by atoms with van der Waals surface area (Å²) in [6.45, 7) is 4.12. The van der Waals surface area contributed by atoms with Gasteiger partial charge in [0.05, 0.1) is 4.90 Å². The second-order valence-corrected chi connectivity index (χ2v) is 7.56. The highest BCUT2D eigenvalue weighted by Crippen LogP contribution is 2.30. The van der Waals surface area contributed by atoms with E-state index >= 15 is 0 Å². The molecule has 0 saturated heterocycles. The van der Waals surface area contributed by atoms with E-state index in [1.165, 1.54) is 62.4 Å². The van der Waals surface area contributed by atoms with Crippen molar-refractivity contribution in [3.63, 3.8) is 0 Å². The molecule has 1 rings (SSSR count). The molecule has 0 aliphatic carbocycles. The lowest BCUT2D eigenvalue weighted by Crippen LogP contribution is -1.90. The Labute approximate surface area is 136 Å². The standard InChI is InChI=1S/C17H26F2S2/c1-3-5-6-7-8-9-10-11-21-14-12-15(18)17(20-4-2)16(19)13-14/h12-13H,3-11H2,1-2H3. The Kier molecular flexibility index (Phi) is 10.2. The van der Waals surface area contributed by atoms with Gasteiger partial charge in [-0.25, -0.2) is 8.78 Å². The third-order valence-corrected chi connectivity index (χ3v) is 5.31. The van der Waals surface area contributed by atoms with Crippen molar-refractivity contribution in [3.8, 4) is 0 Å². The van der Waals surface area contributed by atoms with Gasteiger partial charge in [-0.05, 0) is 30.1 Å². The molecule has 0 radical (unpaired) electrons. The van der Waals surface area contributed by atoms with Crippen LogP contribution in [0.15, 0.2) is 21.9 Å². The second kappa shape index (κ2) is 11.4. The predicted octanol–water partition coefficient (Wildman–Crippen LogP) is 6.92. The maximum atomic E-state index is 13.8. The van der Waals surface area contributed by atoms with Gasteiger partial charge >= 0.3 is 0 Å². The molecule has 0 atom stereocenters. The molecular formula is C17H26F2S2. The summed E-state index contributed by atoms with van der Waals surface area (Å²) < 4.78 is 27.5. The first-order chi connectivity index (χ1) is 10.2. The largest absolute Gasteiger partial charge is 0.206 e. The van der Waals surface area contributed by atoms with Gasteiger partial charge in [0.25, 0.3) is 0 Å². The van der Waals surface area contributed by atoms with Gasteiger partial charge in [0.2, 0.25) is 0 Å². The summed E-state index contributed by atoms with van der Waals surface area (Å²) in [6.07, 6.45) is 8.85. The van der Waals surface area contributed by atoms with Gasteiger partial charge in [0.15, 0.2) is 0 Å². The average molecular weight is 333 g/mol. The fraction of sp³-hybridized carbons (Fsp3) is 0.647. The highest BCUT2D eigenvalue weighted by molar-refractivity contribution is 7.99. The van der Waals surface area contributed by atoms with E-state index < -0.39 is 11.6 Å². The summed E-state index contributed by atoms with van der Waals surface area (Å²) in [4.78, 5) is 0.856. The molecule has 0 saturated carbocycles. The van der Waals surface area contributed by atoms with Crippen molar-refractivity contribution in [2.45, 2.75) is 68.6 Å². The maximum Gasteiger partial charge on any atom is 0.140 e. The van der Waals surface area contributed by atoms with Crippen LogP contribution in [0.25, 0.3) is 0 Å². The van der Waals surface area contributed by atoms with E-state index in [9.17, 15) is 8.78 Å². The zero-order chi connectivity index (χ0) is 15.5. The normalized spacial score (nSPS) is 11.0. The number of halogens is 2. The molecule has 0 aliphatic heterocycles. The van der Waals surface area contributed by atoms with Crippen LogP contribution in [-0.4, -0.2) is 11.5 Å². The van der Waals surface area contributed by atoms with Crippen molar-refractivity contribution in [3.05, 3.63) is 23.8 Å². The van der Waals surface area contributed by atoms with Gasteiger partial charge in [-0.15, -0.1) is 23.5 Å². The van der Waals surface area contributed by atoms with Crippen LogP contribution in [0.5, 0.6) is 0 Å². The first-order valence-electron chi connectivity index (χ1n) is 7.93. The van der Waals surface area contributed by atoms with Crippen molar-refractivity contribution < 1.29 is 8.78 Å². The molecule has 120 valence electrons. The molecule has 21 heavy (non-hydrogen) atoms. The van der Waals surface area contributed by atoms with Gasteiger partial charge in [-0.3, -0.25) is 0 Å². The van der Waals surface area contributed by atoms with Crippen LogP contribution < -0.4 is 0 Å². The van der Waals surface area contributed by atoms with Gasteiger partial charge in [0.1, 0.15) is 11.6 Å². The lowest BCUT2D eigenvalue weighted by Gasteiger charge is -2.07. The van der Waals surface area contributed by atoms with Gasteiger partial charge in [0, 0.05) is 4.90 Å². The minimum atomic E-state index is -0.427. The average Bonchev–Trinajstić information content (AvgIpc) is 2.46. The molecule has 1 aromatic rings. The van der Waals surface area contributed by atoms with Crippen molar-refractivity contribution in [2.24, 2.45) is 0 Å². The van der Waals surface area contributed by atoms with Gasteiger partial charge in [-0.2, -0.15) is 0 Å². The van der Waals surface area contributed by atoms with Crippen LogP contribution in [0.3, 0.4) is 0 Å². The number of hydrogen-bond donors (Lipinski definition) is 0. The quantitative estimate of drug-likeness (QED) is 0.318. The van der Waals surface area contributed by atoms with E-state index in [0.717, 1.165) is 12.2 Å². The third-order valence-electron chi connectivity index (χ3n) is 3.28. The number of rotatable bonds is 11. The van der Waals surface area contributed by atoms with E-state index in [1.54, 1.807) is 11.8 Å². The molecule has 0 unspecified atom stereocenters. The molecule has 0 heterocycles. The molecule has 0 nitrogen and oxygen atoms in total. The summed E-state index contributed by atoms with van der Waals surface area (Å²) in [7, 11) is 0. The Morgan fingerprint density at radius 1 is 0.810 bits per heavy atom. The van der Waals surface area contributed by atoms with Crippen LogP contribution in [0.2, 0.25) is 0 Å². The van der Waals surface area contributed by atoms with Crippen molar-refractivity contribution in [1.29, 1.82) is 0 Å². The van der Waals surface area contributed by atoms with E-state index in [-0.39, 0.29) is 4.90 Å². The Morgan fingerprint density at radius 2 is 1.38 bits per heavy atom. The lowest BCUT2D eigenvalue weighted by atomic mass is 10.1. The Bertz CT molecular complexity index is 385. The maximum absolute atomic E-state index is 13.8. The third kappa shape index (κ3) is 7.55. The summed E-state index contributed by atoms with van der Waals surface area (Å²) in [6, 6.07) is 2.93.